The first kappa shape index (κ1) is 12.6. The third-order valence-corrected chi connectivity index (χ3v) is 3.99. The summed E-state index contributed by atoms with van der Waals surface area (Å²) >= 11 is 5.09. The lowest BCUT2D eigenvalue weighted by atomic mass is 10.2. The lowest BCUT2D eigenvalue weighted by Crippen LogP contribution is -1.96. The maximum absolute atomic E-state index is 5.66. The van der Waals surface area contributed by atoms with Crippen molar-refractivity contribution in [3.8, 4) is 5.75 Å². The summed E-state index contributed by atoms with van der Waals surface area (Å²) in [5.41, 5.74) is 1.00. The van der Waals surface area contributed by atoms with E-state index in [4.69, 9.17) is 4.74 Å². The molecule has 0 aliphatic carbocycles. The van der Waals surface area contributed by atoms with Gasteiger partial charge >= 0.3 is 0 Å². The highest BCUT2D eigenvalue weighted by molar-refractivity contribution is 9.10. The second-order valence-corrected chi connectivity index (χ2v) is 5.88. The van der Waals surface area contributed by atoms with Gasteiger partial charge in [-0.3, -0.25) is 0 Å². The minimum absolute atomic E-state index is 0.487. The molecular weight excluding hydrogens is 298 g/mol. The fraction of sp³-hybridized carbons (Fsp3) is 0.308. The van der Waals surface area contributed by atoms with E-state index in [2.05, 4.69) is 40.1 Å². The van der Waals surface area contributed by atoms with Crippen LogP contribution in [0.1, 0.15) is 30.5 Å². The maximum Gasteiger partial charge on any atom is 0.131 e. The van der Waals surface area contributed by atoms with Crippen LogP contribution >= 0.6 is 27.3 Å². The maximum atomic E-state index is 5.66. The average molecular weight is 312 g/mol. The Morgan fingerprint density at radius 2 is 2.00 bits per heavy atom. The van der Waals surface area contributed by atoms with E-state index in [1.54, 1.807) is 11.3 Å². The third-order valence-electron chi connectivity index (χ3n) is 2.26. The molecule has 2 aromatic rings. The van der Waals surface area contributed by atoms with Crippen molar-refractivity contribution in [1.82, 2.24) is 4.98 Å². The van der Waals surface area contributed by atoms with Gasteiger partial charge in [-0.2, -0.15) is 0 Å². The van der Waals surface area contributed by atoms with Crippen LogP contribution in [-0.4, -0.2) is 4.98 Å². The molecule has 0 spiro atoms. The number of halogens is 1. The van der Waals surface area contributed by atoms with Crippen LogP contribution in [0.4, 0.5) is 0 Å². The summed E-state index contributed by atoms with van der Waals surface area (Å²) in [5, 5.41) is 3.23. The SMILES string of the molecule is CC(C)c1nc(COc2ccc(Br)cc2)cs1. The largest absolute Gasteiger partial charge is 0.487 e. The average Bonchev–Trinajstić information content (AvgIpc) is 2.77. The van der Waals surface area contributed by atoms with E-state index in [-0.39, 0.29) is 0 Å². The van der Waals surface area contributed by atoms with Crippen LogP contribution in [0.25, 0.3) is 0 Å². The lowest BCUT2D eigenvalue weighted by molar-refractivity contribution is 0.302. The number of hydrogen-bond donors (Lipinski definition) is 0. The number of aromatic nitrogens is 1. The van der Waals surface area contributed by atoms with Gasteiger partial charge in [-0.05, 0) is 24.3 Å². The zero-order valence-electron chi connectivity index (χ0n) is 9.81. The van der Waals surface area contributed by atoms with Crippen molar-refractivity contribution in [2.45, 2.75) is 26.4 Å². The van der Waals surface area contributed by atoms with Crippen molar-refractivity contribution in [2.75, 3.05) is 0 Å². The van der Waals surface area contributed by atoms with Crippen LogP contribution in [0, 0.1) is 0 Å². The summed E-state index contributed by atoms with van der Waals surface area (Å²) in [6.45, 7) is 4.83. The molecule has 0 saturated heterocycles. The first-order valence-corrected chi connectivity index (χ1v) is 7.15. The van der Waals surface area contributed by atoms with E-state index in [1.807, 2.05) is 24.3 Å². The Morgan fingerprint density at radius 3 is 2.59 bits per heavy atom. The first-order chi connectivity index (χ1) is 8.15. The summed E-state index contributed by atoms with van der Waals surface area (Å²) in [4.78, 5) is 4.53. The van der Waals surface area contributed by atoms with Crippen LogP contribution in [0.15, 0.2) is 34.1 Å². The van der Waals surface area contributed by atoms with Crippen LogP contribution < -0.4 is 4.74 Å². The zero-order chi connectivity index (χ0) is 12.3. The summed E-state index contributed by atoms with van der Waals surface area (Å²) in [5.74, 6) is 1.36. The Bertz CT molecular complexity index is 478. The van der Waals surface area contributed by atoms with Gasteiger partial charge in [-0.25, -0.2) is 4.98 Å². The molecule has 0 saturated carbocycles. The minimum atomic E-state index is 0.487. The lowest BCUT2D eigenvalue weighted by Gasteiger charge is -2.04. The van der Waals surface area contributed by atoms with Gasteiger partial charge in [0.1, 0.15) is 12.4 Å². The molecule has 1 heterocycles. The molecule has 2 nitrogen and oxygen atoms in total. The zero-order valence-corrected chi connectivity index (χ0v) is 12.2. The first-order valence-electron chi connectivity index (χ1n) is 5.48. The second-order valence-electron chi connectivity index (χ2n) is 4.07. The monoisotopic (exact) mass is 311 g/mol. The molecule has 0 aliphatic heterocycles. The number of thiazole rings is 1. The number of nitrogens with zero attached hydrogens (tertiary/aromatic N) is 1. The number of ether oxygens (including phenoxy) is 1. The van der Waals surface area contributed by atoms with E-state index < -0.39 is 0 Å². The third kappa shape index (κ3) is 3.54. The van der Waals surface area contributed by atoms with Crippen LogP contribution in [0.2, 0.25) is 0 Å². The fourth-order valence-corrected chi connectivity index (χ4v) is 2.43. The molecule has 0 bridgehead atoms. The van der Waals surface area contributed by atoms with E-state index >= 15 is 0 Å². The Hall–Kier alpha value is -0.870. The van der Waals surface area contributed by atoms with E-state index in [0.29, 0.717) is 12.5 Å². The minimum Gasteiger partial charge on any atom is -0.487 e. The van der Waals surface area contributed by atoms with Gasteiger partial charge in [0, 0.05) is 15.8 Å². The Kier molecular flexibility index (Phi) is 4.18. The summed E-state index contributed by atoms with van der Waals surface area (Å²) < 4.78 is 6.72. The van der Waals surface area contributed by atoms with Gasteiger partial charge in [0.05, 0.1) is 10.7 Å². The molecule has 1 aromatic carbocycles. The molecular formula is C13H14BrNOS. The molecule has 0 unspecified atom stereocenters. The molecule has 0 aliphatic rings. The van der Waals surface area contributed by atoms with Crippen molar-refractivity contribution in [1.29, 1.82) is 0 Å². The normalized spacial score (nSPS) is 10.8. The molecule has 0 radical (unpaired) electrons. The molecule has 1 aromatic heterocycles. The number of rotatable bonds is 4. The summed E-state index contributed by atoms with van der Waals surface area (Å²) in [7, 11) is 0. The summed E-state index contributed by atoms with van der Waals surface area (Å²) in [6.07, 6.45) is 0. The fourth-order valence-electron chi connectivity index (χ4n) is 1.34. The van der Waals surface area contributed by atoms with Crippen LogP contribution in [-0.2, 0) is 6.61 Å². The van der Waals surface area contributed by atoms with Crippen molar-refractivity contribution < 1.29 is 4.74 Å². The smallest absolute Gasteiger partial charge is 0.131 e. The molecule has 2 rings (SSSR count). The van der Waals surface area contributed by atoms with Crippen LogP contribution in [0.3, 0.4) is 0 Å². The van der Waals surface area contributed by atoms with Gasteiger partial charge in [-0.1, -0.05) is 29.8 Å². The molecule has 0 atom stereocenters. The molecule has 0 amide bonds. The second kappa shape index (κ2) is 5.65. The van der Waals surface area contributed by atoms with Gasteiger partial charge in [0.2, 0.25) is 0 Å². The highest BCUT2D eigenvalue weighted by Gasteiger charge is 2.06. The Morgan fingerprint density at radius 1 is 1.29 bits per heavy atom. The van der Waals surface area contributed by atoms with Gasteiger partial charge in [0.25, 0.3) is 0 Å². The van der Waals surface area contributed by atoms with E-state index in [9.17, 15) is 0 Å². The Balaban J connectivity index is 1.95. The molecule has 17 heavy (non-hydrogen) atoms. The van der Waals surface area contributed by atoms with Crippen LogP contribution in [0.5, 0.6) is 5.75 Å². The van der Waals surface area contributed by atoms with Gasteiger partial charge in [-0.15, -0.1) is 11.3 Å². The highest BCUT2D eigenvalue weighted by Crippen LogP contribution is 2.21. The molecule has 0 fully saturated rings. The molecule has 0 N–H and O–H groups in total. The van der Waals surface area contributed by atoms with Crippen molar-refractivity contribution in [3.05, 3.63) is 44.8 Å². The standard InChI is InChI=1S/C13H14BrNOS/c1-9(2)13-15-11(8-17-13)7-16-12-5-3-10(14)4-6-12/h3-6,8-9H,7H2,1-2H3. The van der Waals surface area contributed by atoms with E-state index in [0.717, 1.165) is 15.9 Å². The number of benzene rings is 1. The van der Waals surface area contributed by atoms with Crippen molar-refractivity contribution in [3.63, 3.8) is 0 Å². The Labute approximate surface area is 114 Å². The predicted octanol–water partition coefficient (Wildman–Crippen LogP) is 4.61. The number of hydrogen-bond acceptors (Lipinski definition) is 3. The predicted molar refractivity (Wildman–Crippen MR) is 74.7 cm³/mol. The quantitative estimate of drug-likeness (QED) is 0.822. The molecule has 4 heteroatoms. The van der Waals surface area contributed by atoms with Crippen molar-refractivity contribution in [2.24, 2.45) is 0 Å². The van der Waals surface area contributed by atoms with Gasteiger partial charge < -0.3 is 4.74 Å². The van der Waals surface area contributed by atoms with E-state index in [1.165, 1.54) is 5.01 Å². The van der Waals surface area contributed by atoms with Gasteiger partial charge in [0.15, 0.2) is 0 Å². The van der Waals surface area contributed by atoms with Crippen molar-refractivity contribution >= 4 is 27.3 Å². The highest BCUT2D eigenvalue weighted by atomic mass is 79.9. The topological polar surface area (TPSA) is 22.1 Å². The molecule has 90 valence electrons. The summed E-state index contributed by atoms with van der Waals surface area (Å²) in [6, 6.07) is 7.82.